The van der Waals surface area contributed by atoms with Crippen molar-refractivity contribution in [2.75, 3.05) is 33.5 Å². The van der Waals surface area contributed by atoms with Gasteiger partial charge in [-0.1, -0.05) is 19.9 Å². The maximum Gasteiger partial charge on any atom is 0.324 e. The van der Waals surface area contributed by atoms with Gasteiger partial charge in [-0.2, -0.15) is 0 Å². The number of nitrogens with zero attached hydrogens (tertiary/aromatic N) is 4. The molecule has 0 unspecified atom stereocenters. The van der Waals surface area contributed by atoms with Crippen molar-refractivity contribution in [2.24, 2.45) is 11.3 Å². The van der Waals surface area contributed by atoms with Crippen LogP contribution in [-0.2, 0) is 57.5 Å². The Labute approximate surface area is 368 Å². The molecule has 2 amide bonds. The van der Waals surface area contributed by atoms with Crippen LogP contribution in [0.3, 0.4) is 0 Å². The standard InChI is InChI=1S/C48H62N6O9/c1-28-31-22-48(23-31,63-28)45(57)51-37-21-40-50-38(26-60-40)30-12-13-39-34(20-30)35(25-46(3,4)27-61-44(56)36-11-9-16-54(52-36)43(37)55)42(33-10-8-15-49-41(33)29(2)58-7)53(39)17-19-59-32-14-18-62-47(5,6)24-32/h8,10,12-13,15,20,26,28-29,31-32,36-37,52H,9,11,14,16-19,21-25,27H2,1-7H3,(H,51,57)/t28-,29-,31?,32-,36-,37-,48?/m0/s1. The Bertz CT molecular complexity index is 2360. The molecule has 8 bridgehead atoms. The molecular weight excluding hydrogens is 805 g/mol. The lowest BCUT2D eigenvalue weighted by atomic mass is 9.72. The number of hydrogen-bond acceptors (Lipinski definition) is 12. The van der Waals surface area contributed by atoms with Gasteiger partial charge in [0.15, 0.2) is 5.89 Å². The van der Waals surface area contributed by atoms with Crippen molar-refractivity contribution in [3.05, 3.63) is 59.9 Å². The molecule has 1 aliphatic carbocycles. The van der Waals surface area contributed by atoms with E-state index < -0.39 is 29.1 Å². The molecule has 2 N–H and O–H groups in total. The summed E-state index contributed by atoms with van der Waals surface area (Å²) >= 11 is 0. The van der Waals surface area contributed by atoms with Gasteiger partial charge >= 0.3 is 5.97 Å². The van der Waals surface area contributed by atoms with Gasteiger partial charge in [0.2, 0.25) is 0 Å². The molecule has 338 valence electrons. The molecule has 4 saturated heterocycles. The molecule has 63 heavy (non-hydrogen) atoms. The molecule has 4 aromatic rings. The highest BCUT2D eigenvalue weighted by molar-refractivity contribution is 5.95. The Hall–Kier alpha value is -4.67. The summed E-state index contributed by atoms with van der Waals surface area (Å²) in [6, 6.07) is 8.58. The summed E-state index contributed by atoms with van der Waals surface area (Å²) in [6.45, 7) is 14.6. The zero-order valence-corrected chi connectivity index (χ0v) is 37.7. The summed E-state index contributed by atoms with van der Waals surface area (Å²) < 4.78 is 39.2. The van der Waals surface area contributed by atoms with Gasteiger partial charge in [-0.15, -0.1) is 0 Å². The van der Waals surface area contributed by atoms with Crippen molar-refractivity contribution in [1.29, 1.82) is 0 Å². The third-order valence-electron chi connectivity index (χ3n) is 13.8. The van der Waals surface area contributed by atoms with E-state index in [2.05, 4.69) is 61.2 Å². The Morgan fingerprint density at radius 2 is 1.94 bits per heavy atom. The van der Waals surface area contributed by atoms with Gasteiger partial charge in [0.25, 0.3) is 11.8 Å². The van der Waals surface area contributed by atoms with Crippen molar-refractivity contribution in [3.8, 4) is 22.5 Å². The molecular formula is C48H62N6O9. The van der Waals surface area contributed by atoms with Gasteiger partial charge in [0, 0.05) is 66.9 Å². The topological polar surface area (TPSA) is 169 Å². The first kappa shape index (κ1) is 43.6. The van der Waals surface area contributed by atoms with Crippen molar-refractivity contribution >= 4 is 28.7 Å². The van der Waals surface area contributed by atoms with Crippen molar-refractivity contribution < 1.29 is 42.5 Å². The highest BCUT2D eigenvalue weighted by Gasteiger charge is 2.61. The van der Waals surface area contributed by atoms with E-state index in [9.17, 15) is 14.4 Å². The molecule has 0 spiro atoms. The quantitative estimate of drug-likeness (QED) is 0.182. The minimum atomic E-state index is -1.03. The maximum absolute atomic E-state index is 14.3. The molecule has 5 atom stereocenters. The number of methoxy groups -OCH3 is 1. The summed E-state index contributed by atoms with van der Waals surface area (Å²) in [5.74, 6) is -0.515. The maximum atomic E-state index is 14.3. The van der Waals surface area contributed by atoms with Crippen molar-refractivity contribution in [2.45, 2.75) is 141 Å². The predicted octanol–water partition coefficient (Wildman–Crippen LogP) is 6.26. The minimum absolute atomic E-state index is 0.000900. The monoisotopic (exact) mass is 866 g/mol. The molecule has 3 aromatic heterocycles. The molecule has 15 nitrogen and oxygen atoms in total. The number of amides is 2. The fourth-order valence-corrected chi connectivity index (χ4v) is 10.3. The van der Waals surface area contributed by atoms with Crippen LogP contribution < -0.4 is 10.7 Å². The molecule has 6 aliphatic rings. The summed E-state index contributed by atoms with van der Waals surface area (Å²) in [4.78, 5) is 51.9. The lowest BCUT2D eigenvalue weighted by Crippen LogP contribution is -2.62. The molecule has 5 fully saturated rings. The van der Waals surface area contributed by atoms with Gasteiger partial charge in [0.1, 0.15) is 29.6 Å². The summed E-state index contributed by atoms with van der Waals surface area (Å²) in [5, 5.41) is 5.46. The second-order valence-electron chi connectivity index (χ2n) is 19.7. The Kier molecular flexibility index (Phi) is 11.8. The number of esters is 1. The van der Waals surface area contributed by atoms with Crippen LogP contribution >= 0.6 is 0 Å². The number of carbonyl (C=O) groups excluding carboxylic acids is 3. The second-order valence-corrected chi connectivity index (χ2v) is 19.7. The van der Waals surface area contributed by atoms with E-state index in [1.165, 1.54) is 5.01 Å². The van der Waals surface area contributed by atoms with Crippen molar-refractivity contribution in [3.63, 3.8) is 0 Å². The van der Waals surface area contributed by atoms with Crippen LogP contribution in [-0.4, -0.2) is 106 Å². The number of carbonyl (C=O) groups is 3. The lowest BCUT2D eigenvalue weighted by Gasteiger charge is -2.37. The van der Waals surface area contributed by atoms with Crippen LogP contribution in [0.5, 0.6) is 0 Å². The number of aromatic nitrogens is 3. The van der Waals surface area contributed by atoms with E-state index in [-0.39, 0.29) is 48.8 Å². The first-order valence-corrected chi connectivity index (χ1v) is 22.7. The van der Waals surface area contributed by atoms with Crippen LogP contribution in [0.1, 0.15) is 103 Å². The zero-order chi connectivity index (χ0) is 44.3. The average molecular weight is 867 g/mol. The number of fused-ring (bicyclic) bond motifs is 7. The Morgan fingerprint density at radius 3 is 2.70 bits per heavy atom. The SMILES string of the molecule is CO[C@@H](C)c1ncccc1-c1c2c3cc(ccc3n1CCO[C@H]1CCOC(C)(C)C1)-c1coc(n1)C[C@H](NC(=O)C13CC(C1)[C@H](C)O3)C(=O)N1CCC[C@H](N1)C(=O)OCC(C)(C)C2. The molecule has 8 heterocycles. The highest BCUT2D eigenvalue weighted by atomic mass is 16.5. The molecule has 1 saturated carbocycles. The van der Waals surface area contributed by atoms with Crippen LogP contribution in [0.2, 0.25) is 0 Å². The van der Waals surface area contributed by atoms with Crippen LogP contribution in [0.25, 0.3) is 33.4 Å². The van der Waals surface area contributed by atoms with Crippen LogP contribution in [0, 0.1) is 11.3 Å². The van der Waals surface area contributed by atoms with E-state index >= 15 is 0 Å². The van der Waals surface area contributed by atoms with Crippen LogP contribution in [0.15, 0.2) is 47.2 Å². The molecule has 15 heteroatoms. The van der Waals surface area contributed by atoms with Gasteiger partial charge in [0.05, 0.1) is 54.9 Å². The fraction of sp³-hybridized carbons (Fsp3) is 0.604. The molecule has 10 rings (SSSR count). The number of nitrogens with one attached hydrogen (secondary N) is 2. The smallest absolute Gasteiger partial charge is 0.324 e. The van der Waals surface area contributed by atoms with Gasteiger partial charge in [-0.3, -0.25) is 24.4 Å². The van der Waals surface area contributed by atoms with E-state index in [4.69, 9.17) is 38.1 Å². The van der Waals surface area contributed by atoms with E-state index in [0.717, 1.165) is 51.8 Å². The number of benzene rings is 1. The molecule has 1 aromatic carbocycles. The fourth-order valence-electron chi connectivity index (χ4n) is 10.3. The Morgan fingerprint density at radius 1 is 1.11 bits per heavy atom. The highest BCUT2D eigenvalue weighted by Crippen LogP contribution is 2.52. The number of cyclic esters (lactones) is 1. The summed E-state index contributed by atoms with van der Waals surface area (Å²) in [7, 11) is 1.69. The molecule has 5 aliphatic heterocycles. The first-order valence-electron chi connectivity index (χ1n) is 22.7. The Balaban J connectivity index is 1.13. The van der Waals surface area contributed by atoms with E-state index in [0.29, 0.717) is 75.9 Å². The van der Waals surface area contributed by atoms with E-state index in [1.54, 1.807) is 19.6 Å². The number of hydrogen-bond donors (Lipinski definition) is 2. The van der Waals surface area contributed by atoms with Gasteiger partial charge in [-0.05, 0) is 102 Å². The second kappa shape index (κ2) is 17.0. The normalized spacial score (nSPS) is 28.6. The van der Waals surface area contributed by atoms with Crippen molar-refractivity contribution in [1.82, 2.24) is 30.3 Å². The van der Waals surface area contributed by atoms with Gasteiger partial charge in [-0.25, -0.2) is 10.4 Å². The average Bonchev–Trinajstić information content (AvgIpc) is 4.02. The van der Waals surface area contributed by atoms with Crippen LogP contribution in [0.4, 0.5) is 0 Å². The zero-order valence-electron chi connectivity index (χ0n) is 37.7. The number of rotatable bonds is 9. The number of hydrazine groups is 1. The largest absolute Gasteiger partial charge is 0.464 e. The molecule has 0 radical (unpaired) electrons. The lowest BCUT2D eigenvalue weighted by molar-refractivity contribution is -0.156. The first-order chi connectivity index (χ1) is 30.1. The number of pyridine rings is 1. The number of ether oxygens (including phenoxy) is 5. The minimum Gasteiger partial charge on any atom is -0.464 e. The van der Waals surface area contributed by atoms with E-state index in [1.807, 2.05) is 26.0 Å². The summed E-state index contributed by atoms with van der Waals surface area (Å²) in [6.07, 6.45) is 7.70. The predicted molar refractivity (Wildman–Crippen MR) is 233 cm³/mol. The third-order valence-corrected chi connectivity index (χ3v) is 13.8. The summed E-state index contributed by atoms with van der Waals surface area (Å²) in [5.41, 5.74) is 7.68. The third kappa shape index (κ3) is 8.66. The van der Waals surface area contributed by atoms with Gasteiger partial charge < -0.3 is 38.0 Å². The number of oxazole rings is 1.